The van der Waals surface area contributed by atoms with Crippen LogP contribution in [0.15, 0.2) is 24.3 Å². The molecule has 1 aromatic carbocycles. The minimum Gasteiger partial charge on any atom is -0.484 e. The minimum atomic E-state index is -0.0189. The Morgan fingerprint density at radius 2 is 1.90 bits per heavy atom. The van der Waals surface area contributed by atoms with Gasteiger partial charge in [0.2, 0.25) is 0 Å². The molecule has 1 unspecified atom stereocenters. The SMILES string of the molecule is CNC(C)c1ccc(OCC(=O)NC2CCCCC2)cc1. The van der Waals surface area contributed by atoms with Gasteiger partial charge in [-0.1, -0.05) is 31.4 Å². The van der Waals surface area contributed by atoms with Crippen molar-refractivity contribution < 1.29 is 9.53 Å². The van der Waals surface area contributed by atoms with Gasteiger partial charge in [0.05, 0.1) is 0 Å². The second-order valence-electron chi connectivity index (χ2n) is 5.77. The van der Waals surface area contributed by atoms with Crippen LogP contribution in [0.1, 0.15) is 50.6 Å². The van der Waals surface area contributed by atoms with Crippen molar-refractivity contribution in [1.82, 2.24) is 10.6 Å². The van der Waals surface area contributed by atoms with Crippen LogP contribution in [0.3, 0.4) is 0 Å². The lowest BCUT2D eigenvalue weighted by Crippen LogP contribution is -2.38. The third kappa shape index (κ3) is 5.05. The molecule has 0 radical (unpaired) electrons. The molecule has 0 bridgehead atoms. The van der Waals surface area contributed by atoms with E-state index in [0.717, 1.165) is 18.6 Å². The highest BCUT2D eigenvalue weighted by molar-refractivity contribution is 5.77. The maximum Gasteiger partial charge on any atom is 0.258 e. The standard InChI is InChI=1S/C17H26N2O2/c1-13(18-2)14-8-10-16(11-9-14)21-12-17(20)19-15-6-4-3-5-7-15/h8-11,13,15,18H,3-7,12H2,1-2H3,(H,19,20). The van der Waals surface area contributed by atoms with Crippen molar-refractivity contribution in [3.8, 4) is 5.75 Å². The lowest BCUT2D eigenvalue weighted by atomic mass is 9.95. The summed E-state index contributed by atoms with van der Waals surface area (Å²) in [5.41, 5.74) is 1.21. The van der Waals surface area contributed by atoms with E-state index >= 15 is 0 Å². The van der Waals surface area contributed by atoms with Crippen molar-refractivity contribution in [2.75, 3.05) is 13.7 Å². The summed E-state index contributed by atoms with van der Waals surface area (Å²) in [7, 11) is 1.94. The lowest BCUT2D eigenvalue weighted by Gasteiger charge is -2.22. The predicted octanol–water partition coefficient (Wildman–Crippen LogP) is 2.79. The van der Waals surface area contributed by atoms with E-state index in [1.165, 1.54) is 24.8 Å². The average Bonchev–Trinajstić information content (AvgIpc) is 2.53. The molecule has 1 aliphatic rings. The summed E-state index contributed by atoms with van der Waals surface area (Å²) in [6.45, 7) is 2.20. The highest BCUT2D eigenvalue weighted by Gasteiger charge is 2.15. The highest BCUT2D eigenvalue weighted by Crippen LogP contribution is 2.18. The molecule has 1 fully saturated rings. The smallest absolute Gasteiger partial charge is 0.258 e. The summed E-state index contributed by atoms with van der Waals surface area (Å²) < 4.78 is 5.55. The Kier molecular flexibility index (Phi) is 6.05. The number of ether oxygens (including phenoxy) is 1. The lowest BCUT2D eigenvalue weighted by molar-refractivity contribution is -0.124. The van der Waals surface area contributed by atoms with Crippen molar-refractivity contribution in [2.24, 2.45) is 0 Å². The van der Waals surface area contributed by atoms with E-state index in [1.54, 1.807) is 0 Å². The number of hydrogen-bond donors (Lipinski definition) is 2. The van der Waals surface area contributed by atoms with Crippen LogP contribution >= 0.6 is 0 Å². The largest absolute Gasteiger partial charge is 0.484 e. The van der Waals surface area contributed by atoms with Crippen LogP contribution < -0.4 is 15.4 Å². The van der Waals surface area contributed by atoms with E-state index in [2.05, 4.69) is 17.6 Å². The van der Waals surface area contributed by atoms with Crippen molar-refractivity contribution in [3.63, 3.8) is 0 Å². The molecule has 0 saturated heterocycles. The normalized spacial score (nSPS) is 17.2. The maximum atomic E-state index is 11.9. The summed E-state index contributed by atoms with van der Waals surface area (Å²) >= 11 is 0. The van der Waals surface area contributed by atoms with Crippen LogP contribution in [0.5, 0.6) is 5.75 Å². The second kappa shape index (κ2) is 8.03. The quantitative estimate of drug-likeness (QED) is 0.847. The van der Waals surface area contributed by atoms with Crippen molar-refractivity contribution in [2.45, 2.75) is 51.1 Å². The molecule has 2 rings (SSSR count). The molecule has 2 N–H and O–H groups in total. The molecule has 4 nitrogen and oxygen atoms in total. The summed E-state index contributed by atoms with van der Waals surface area (Å²) in [5, 5.41) is 6.25. The van der Waals surface area contributed by atoms with Gasteiger partial charge in [-0.25, -0.2) is 0 Å². The fraction of sp³-hybridized carbons (Fsp3) is 0.588. The number of carbonyl (C=O) groups is 1. The molecule has 1 aliphatic carbocycles. The summed E-state index contributed by atoms with van der Waals surface area (Å²) in [4.78, 5) is 11.9. The van der Waals surface area contributed by atoms with Gasteiger partial charge in [0, 0.05) is 12.1 Å². The van der Waals surface area contributed by atoms with Crippen LogP contribution in [0, 0.1) is 0 Å². The van der Waals surface area contributed by atoms with Gasteiger partial charge in [-0.2, -0.15) is 0 Å². The molecule has 21 heavy (non-hydrogen) atoms. The predicted molar refractivity (Wildman–Crippen MR) is 84.4 cm³/mol. The minimum absolute atomic E-state index is 0.0189. The average molecular weight is 290 g/mol. The van der Waals surface area contributed by atoms with Crippen LogP contribution in [0.2, 0.25) is 0 Å². The third-order valence-corrected chi connectivity index (χ3v) is 4.15. The molecular formula is C17H26N2O2. The fourth-order valence-corrected chi connectivity index (χ4v) is 2.68. The number of nitrogens with one attached hydrogen (secondary N) is 2. The van der Waals surface area contributed by atoms with Gasteiger partial charge in [0.15, 0.2) is 6.61 Å². The molecular weight excluding hydrogens is 264 g/mol. The first-order chi connectivity index (χ1) is 10.2. The summed E-state index contributed by atoms with van der Waals surface area (Å²) in [6, 6.07) is 8.53. The number of hydrogen-bond acceptors (Lipinski definition) is 3. The van der Waals surface area contributed by atoms with Crippen LogP contribution in [-0.4, -0.2) is 25.6 Å². The molecule has 1 amide bonds. The van der Waals surface area contributed by atoms with E-state index in [-0.39, 0.29) is 12.5 Å². The first kappa shape index (κ1) is 15.8. The maximum absolute atomic E-state index is 11.9. The molecule has 1 aromatic rings. The summed E-state index contributed by atoms with van der Waals surface area (Å²) in [5.74, 6) is 0.718. The number of benzene rings is 1. The molecule has 1 saturated carbocycles. The molecule has 1 atom stereocenters. The van der Waals surface area contributed by atoms with Crippen LogP contribution in [-0.2, 0) is 4.79 Å². The number of amides is 1. The van der Waals surface area contributed by atoms with Crippen molar-refractivity contribution in [1.29, 1.82) is 0 Å². The van der Waals surface area contributed by atoms with Gasteiger partial charge in [0.25, 0.3) is 5.91 Å². The van der Waals surface area contributed by atoms with Crippen LogP contribution in [0.4, 0.5) is 0 Å². The van der Waals surface area contributed by atoms with Crippen molar-refractivity contribution in [3.05, 3.63) is 29.8 Å². The van der Waals surface area contributed by atoms with Gasteiger partial charge >= 0.3 is 0 Å². The van der Waals surface area contributed by atoms with Crippen molar-refractivity contribution >= 4 is 5.91 Å². The number of carbonyl (C=O) groups excluding carboxylic acids is 1. The zero-order valence-electron chi connectivity index (χ0n) is 13.0. The van der Waals surface area contributed by atoms with Gasteiger partial charge in [-0.05, 0) is 44.5 Å². The Balaban J connectivity index is 1.75. The summed E-state index contributed by atoms with van der Waals surface area (Å²) in [6.07, 6.45) is 5.93. The molecule has 0 spiro atoms. The van der Waals surface area contributed by atoms with Crippen LogP contribution in [0.25, 0.3) is 0 Å². The number of rotatable bonds is 6. The molecule has 116 valence electrons. The monoisotopic (exact) mass is 290 g/mol. The third-order valence-electron chi connectivity index (χ3n) is 4.15. The molecule has 0 aromatic heterocycles. The van der Waals surface area contributed by atoms with Gasteiger partial charge in [-0.15, -0.1) is 0 Å². The Hall–Kier alpha value is -1.55. The Morgan fingerprint density at radius 1 is 1.24 bits per heavy atom. The molecule has 0 aliphatic heterocycles. The fourth-order valence-electron chi connectivity index (χ4n) is 2.68. The Bertz CT molecular complexity index is 439. The van der Waals surface area contributed by atoms with Gasteiger partial charge in [-0.3, -0.25) is 4.79 Å². The highest BCUT2D eigenvalue weighted by atomic mass is 16.5. The zero-order valence-corrected chi connectivity index (χ0v) is 13.0. The topological polar surface area (TPSA) is 50.4 Å². The molecule has 4 heteroatoms. The Morgan fingerprint density at radius 3 is 2.52 bits per heavy atom. The first-order valence-electron chi connectivity index (χ1n) is 7.88. The van der Waals surface area contributed by atoms with E-state index in [1.807, 2.05) is 31.3 Å². The van der Waals surface area contributed by atoms with Gasteiger partial charge in [0.1, 0.15) is 5.75 Å². The van der Waals surface area contributed by atoms with Gasteiger partial charge < -0.3 is 15.4 Å². The molecule has 0 heterocycles. The first-order valence-corrected chi connectivity index (χ1v) is 7.88. The van der Waals surface area contributed by atoms with E-state index in [4.69, 9.17) is 4.74 Å². The second-order valence-corrected chi connectivity index (χ2v) is 5.77. The Labute approximate surface area is 127 Å². The van der Waals surface area contributed by atoms with E-state index < -0.39 is 0 Å². The van der Waals surface area contributed by atoms with E-state index in [9.17, 15) is 4.79 Å². The zero-order chi connectivity index (χ0) is 15.1. The van der Waals surface area contributed by atoms with E-state index in [0.29, 0.717) is 12.1 Å².